The van der Waals surface area contributed by atoms with Gasteiger partial charge in [-0.2, -0.15) is 0 Å². The summed E-state index contributed by atoms with van der Waals surface area (Å²) in [6.07, 6.45) is 3.92. The maximum atomic E-state index is 11.8. The Hall–Kier alpha value is -1.84. The third kappa shape index (κ3) is 1.40. The van der Waals surface area contributed by atoms with Gasteiger partial charge in [-0.3, -0.25) is 9.59 Å². The first-order valence-electron chi connectivity index (χ1n) is 6.88. The molecule has 3 aliphatic rings. The highest BCUT2D eigenvalue weighted by Crippen LogP contribution is 2.42. The lowest BCUT2D eigenvalue weighted by molar-refractivity contribution is -0.114. The van der Waals surface area contributed by atoms with Gasteiger partial charge in [0.2, 0.25) is 0 Å². The van der Waals surface area contributed by atoms with Crippen molar-refractivity contribution in [2.24, 2.45) is 5.92 Å². The molecule has 2 heterocycles. The lowest BCUT2D eigenvalue weighted by atomic mass is 10.1. The average molecular weight is 256 g/mol. The van der Waals surface area contributed by atoms with E-state index in [1.165, 1.54) is 24.2 Å². The van der Waals surface area contributed by atoms with Crippen LogP contribution >= 0.6 is 0 Å². The highest BCUT2D eigenvalue weighted by molar-refractivity contribution is 6.52. The largest absolute Gasteiger partial charge is 0.368 e. The molecule has 1 saturated carbocycles. The fraction of sp³-hybridized carbons (Fsp3) is 0.467. The van der Waals surface area contributed by atoms with E-state index < -0.39 is 5.91 Å². The van der Waals surface area contributed by atoms with Gasteiger partial charge in [-0.25, -0.2) is 0 Å². The van der Waals surface area contributed by atoms with E-state index in [2.05, 4.69) is 4.90 Å². The van der Waals surface area contributed by atoms with Gasteiger partial charge >= 0.3 is 0 Å². The molecule has 1 aliphatic carbocycles. The van der Waals surface area contributed by atoms with Crippen LogP contribution in [0, 0.1) is 5.92 Å². The summed E-state index contributed by atoms with van der Waals surface area (Å²) in [5.41, 5.74) is 2.45. The number of piperidine rings is 1. The summed E-state index contributed by atoms with van der Waals surface area (Å²) < 4.78 is 0. The third-order valence-corrected chi connectivity index (χ3v) is 4.83. The van der Waals surface area contributed by atoms with Crippen LogP contribution in [0.15, 0.2) is 18.2 Å². The minimum atomic E-state index is -0.421. The van der Waals surface area contributed by atoms with Crippen molar-refractivity contribution in [3.63, 3.8) is 0 Å². The lowest BCUT2D eigenvalue weighted by Gasteiger charge is -2.29. The first-order chi connectivity index (χ1) is 9.15. The molecule has 1 saturated heterocycles. The standard InChI is InChI=1S/C15H16N2O2/c1-16-13-7-11(4-5-12(13)14(18)15(16)19)17-8-9-2-3-10(17)6-9/h4-5,7,9-10H,2-3,6,8H2,1H3. The Balaban J connectivity index is 1.73. The van der Waals surface area contributed by atoms with E-state index in [1.807, 2.05) is 12.1 Å². The minimum absolute atomic E-state index is 0.382. The minimum Gasteiger partial charge on any atom is -0.368 e. The molecule has 2 unspecified atom stereocenters. The Kier molecular flexibility index (Phi) is 2.08. The topological polar surface area (TPSA) is 40.6 Å². The van der Waals surface area contributed by atoms with Gasteiger partial charge in [0.25, 0.3) is 11.7 Å². The first-order valence-corrected chi connectivity index (χ1v) is 6.88. The average Bonchev–Trinajstić information content (AvgIpc) is 3.11. The maximum Gasteiger partial charge on any atom is 0.299 e. The van der Waals surface area contributed by atoms with Gasteiger partial charge < -0.3 is 9.80 Å². The van der Waals surface area contributed by atoms with Crippen molar-refractivity contribution in [3.05, 3.63) is 23.8 Å². The van der Waals surface area contributed by atoms with Gasteiger partial charge in [-0.15, -0.1) is 0 Å². The summed E-state index contributed by atoms with van der Waals surface area (Å²) in [5, 5.41) is 0. The van der Waals surface area contributed by atoms with Crippen LogP contribution in [0.3, 0.4) is 0 Å². The Bertz CT molecular complexity index is 596. The summed E-state index contributed by atoms with van der Waals surface area (Å²) in [5.74, 6) is 0.0290. The molecule has 4 nitrogen and oxygen atoms in total. The number of amides is 1. The predicted octanol–water partition coefficient (Wildman–Crippen LogP) is 1.83. The monoisotopic (exact) mass is 256 g/mol. The second-order valence-electron chi connectivity index (χ2n) is 5.88. The van der Waals surface area contributed by atoms with Gasteiger partial charge in [-0.1, -0.05) is 0 Å². The van der Waals surface area contributed by atoms with Gasteiger partial charge in [0, 0.05) is 25.3 Å². The number of Topliss-reactive ketones (excluding diaryl/α,β-unsaturated/α-hetero) is 1. The van der Waals surface area contributed by atoms with Crippen molar-refractivity contribution in [2.75, 3.05) is 23.4 Å². The van der Waals surface area contributed by atoms with Crippen LogP contribution in [0.25, 0.3) is 0 Å². The lowest BCUT2D eigenvalue weighted by Crippen LogP contribution is -2.31. The molecule has 4 rings (SSSR count). The summed E-state index contributed by atoms with van der Waals surface area (Å²) in [6.45, 7) is 1.12. The molecule has 4 heteroatoms. The summed E-state index contributed by atoms with van der Waals surface area (Å²) >= 11 is 0. The second kappa shape index (κ2) is 3.59. The Morgan fingerprint density at radius 3 is 2.74 bits per heavy atom. The molecule has 98 valence electrons. The van der Waals surface area contributed by atoms with E-state index in [1.54, 1.807) is 13.1 Å². The molecule has 2 atom stereocenters. The molecule has 0 spiro atoms. The number of nitrogens with zero attached hydrogens (tertiary/aromatic N) is 2. The number of benzene rings is 1. The zero-order valence-electron chi connectivity index (χ0n) is 10.9. The Morgan fingerprint density at radius 1 is 1.21 bits per heavy atom. The number of carbonyl (C=O) groups is 2. The SMILES string of the molecule is CN1C(=O)C(=O)c2ccc(N3CC4CCC3C4)cc21. The number of fused-ring (bicyclic) bond motifs is 3. The van der Waals surface area contributed by atoms with Crippen LogP contribution in [0.1, 0.15) is 29.6 Å². The first kappa shape index (κ1) is 11.0. The zero-order chi connectivity index (χ0) is 13.1. The van der Waals surface area contributed by atoms with E-state index in [9.17, 15) is 9.59 Å². The molecule has 0 N–H and O–H groups in total. The van der Waals surface area contributed by atoms with E-state index >= 15 is 0 Å². The molecule has 2 fully saturated rings. The van der Waals surface area contributed by atoms with Crippen molar-refractivity contribution in [1.82, 2.24) is 0 Å². The molecule has 1 aromatic rings. The van der Waals surface area contributed by atoms with E-state index in [-0.39, 0.29) is 5.78 Å². The van der Waals surface area contributed by atoms with Gasteiger partial charge in [0.15, 0.2) is 0 Å². The normalized spacial score (nSPS) is 28.5. The molecular weight excluding hydrogens is 240 g/mol. The van der Waals surface area contributed by atoms with E-state index in [4.69, 9.17) is 0 Å². The smallest absolute Gasteiger partial charge is 0.299 e. The summed E-state index contributed by atoms with van der Waals surface area (Å²) in [7, 11) is 1.67. The molecule has 1 amide bonds. The van der Waals surface area contributed by atoms with Crippen molar-refractivity contribution in [3.8, 4) is 0 Å². The Labute approximate surface area is 112 Å². The number of rotatable bonds is 1. The van der Waals surface area contributed by atoms with Crippen LogP contribution in [0.5, 0.6) is 0 Å². The highest BCUT2D eigenvalue weighted by Gasteiger charge is 2.39. The fourth-order valence-electron chi connectivity index (χ4n) is 3.79. The summed E-state index contributed by atoms with van der Waals surface area (Å²) in [4.78, 5) is 27.4. The van der Waals surface area contributed by atoms with Gasteiger partial charge in [0.05, 0.1) is 11.3 Å². The van der Waals surface area contributed by atoms with Crippen molar-refractivity contribution >= 4 is 23.1 Å². The third-order valence-electron chi connectivity index (χ3n) is 4.83. The van der Waals surface area contributed by atoms with Crippen LogP contribution in [-0.2, 0) is 4.79 Å². The van der Waals surface area contributed by atoms with Crippen molar-refractivity contribution in [1.29, 1.82) is 0 Å². The van der Waals surface area contributed by atoms with Crippen LogP contribution < -0.4 is 9.80 Å². The molecule has 19 heavy (non-hydrogen) atoms. The maximum absolute atomic E-state index is 11.8. The molecule has 2 bridgehead atoms. The summed E-state index contributed by atoms with van der Waals surface area (Å²) in [6, 6.07) is 6.45. The van der Waals surface area contributed by atoms with E-state index in [0.29, 0.717) is 11.6 Å². The van der Waals surface area contributed by atoms with Crippen LogP contribution in [0.4, 0.5) is 11.4 Å². The van der Waals surface area contributed by atoms with Crippen molar-refractivity contribution in [2.45, 2.75) is 25.3 Å². The Morgan fingerprint density at radius 2 is 2.05 bits per heavy atom. The van der Waals surface area contributed by atoms with Gasteiger partial charge in [-0.05, 0) is 43.4 Å². The van der Waals surface area contributed by atoms with Crippen LogP contribution in [-0.4, -0.2) is 31.3 Å². The number of hydrogen-bond donors (Lipinski definition) is 0. The molecule has 0 radical (unpaired) electrons. The number of hydrogen-bond acceptors (Lipinski definition) is 3. The fourth-order valence-corrected chi connectivity index (χ4v) is 3.79. The van der Waals surface area contributed by atoms with E-state index in [0.717, 1.165) is 23.8 Å². The molecule has 1 aromatic carbocycles. The molecule has 0 aromatic heterocycles. The number of likely N-dealkylation sites (N-methyl/N-ethyl adjacent to an activating group) is 1. The quantitative estimate of drug-likeness (QED) is 0.720. The highest BCUT2D eigenvalue weighted by atomic mass is 16.2. The number of ketones is 1. The molecule has 2 aliphatic heterocycles. The van der Waals surface area contributed by atoms with Gasteiger partial charge in [0.1, 0.15) is 0 Å². The van der Waals surface area contributed by atoms with Crippen LogP contribution in [0.2, 0.25) is 0 Å². The zero-order valence-corrected chi connectivity index (χ0v) is 10.9. The predicted molar refractivity (Wildman–Crippen MR) is 72.7 cm³/mol. The molecular formula is C15H16N2O2. The second-order valence-corrected chi connectivity index (χ2v) is 5.88. The van der Waals surface area contributed by atoms with Crippen molar-refractivity contribution < 1.29 is 9.59 Å². The number of anilines is 2. The number of carbonyl (C=O) groups excluding carboxylic acids is 2.